The van der Waals surface area contributed by atoms with Gasteiger partial charge in [-0.3, -0.25) is 4.79 Å². The fourth-order valence-corrected chi connectivity index (χ4v) is 4.33. The van der Waals surface area contributed by atoms with Crippen molar-refractivity contribution in [3.8, 4) is 11.4 Å². The molecule has 1 amide bonds. The Labute approximate surface area is 186 Å². The van der Waals surface area contributed by atoms with Gasteiger partial charge in [0.05, 0.1) is 0 Å². The SMILES string of the molecule is Cc1ccc(NC(=O)C(Sc2nnc(-c3ccccc3C)n2C)c2ccccc2)cc1. The molecule has 6 heteroatoms. The largest absolute Gasteiger partial charge is 0.325 e. The molecule has 0 aliphatic carbocycles. The highest BCUT2D eigenvalue weighted by molar-refractivity contribution is 8.00. The molecule has 0 saturated heterocycles. The molecule has 1 N–H and O–H groups in total. The third kappa shape index (κ3) is 4.70. The molecule has 0 fully saturated rings. The second-order valence-corrected chi connectivity index (χ2v) is 8.52. The standard InChI is InChI=1S/C25H24N4OS/c1-17-13-15-20(16-14-17)26-24(30)22(19-10-5-4-6-11-19)31-25-28-27-23(29(25)3)21-12-8-7-9-18(21)2/h4-16,22H,1-3H3,(H,26,30). The van der Waals surface area contributed by atoms with E-state index in [-0.39, 0.29) is 5.91 Å². The number of hydrogen-bond donors (Lipinski definition) is 1. The van der Waals surface area contributed by atoms with Gasteiger partial charge in [0.1, 0.15) is 5.25 Å². The molecule has 31 heavy (non-hydrogen) atoms. The Morgan fingerprint density at radius 1 is 0.903 bits per heavy atom. The number of hydrogen-bond acceptors (Lipinski definition) is 4. The second-order valence-electron chi connectivity index (χ2n) is 7.44. The van der Waals surface area contributed by atoms with Crippen molar-refractivity contribution in [2.45, 2.75) is 24.3 Å². The molecule has 0 radical (unpaired) electrons. The normalized spacial score (nSPS) is 11.8. The van der Waals surface area contributed by atoms with E-state index >= 15 is 0 Å². The number of carbonyl (C=O) groups excluding carboxylic acids is 1. The van der Waals surface area contributed by atoms with Gasteiger partial charge in [-0.25, -0.2) is 0 Å². The minimum Gasteiger partial charge on any atom is -0.325 e. The van der Waals surface area contributed by atoms with Crippen LogP contribution in [0, 0.1) is 13.8 Å². The summed E-state index contributed by atoms with van der Waals surface area (Å²) >= 11 is 1.40. The number of carbonyl (C=O) groups is 1. The van der Waals surface area contributed by atoms with Crippen LogP contribution in [-0.2, 0) is 11.8 Å². The lowest BCUT2D eigenvalue weighted by molar-refractivity contribution is -0.115. The van der Waals surface area contributed by atoms with Crippen molar-refractivity contribution in [3.63, 3.8) is 0 Å². The van der Waals surface area contributed by atoms with E-state index in [2.05, 4.69) is 28.5 Å². The third-order valence-electron chi connectivity index (χ3n) is 5.10. The maximum absolute atomic E-state index is 13.3. The molecular weight excluding hydrogens is 404 g/mol. The van der Waals surface area contributed by atoms with Crippen molar-refractivity contribution in [1.29, 1.82) is 0 Å². The van der Waals surface area contributed by atoms with Crippen molar-refractivity contribution >= 4 is 23.4 Å². The molecule has 4 aromatic rings. The van der Waals surface area contributed by atoms with Crippen LogP contribution in [0.25, 0.3) is 11.4 Å². The summed E-state index contributed by atoms with van der Waals surface area (Å²) in [5, 5.41) is 12.1. The van der Waals surface area contributed by atoms with E-state index in [1.807, 2.05) is 91.3 Å². The smallest absolute Gasteiger partial charge is 0.242 e. The molecule has 5 nitrogen and oxygen atoms in total. The second kappa shape index (κ2) is 9.18. The Morgan fingerprint density at radius 3 is 2.29 bits per heavy atom. The summed E-state index contributed by atoms with van der Waals surface area (Å²) in [6, 6.07) is 25.6. The van der Waals surface area contributed by atoms with Crippen LogP contribution in [0.15, 0.2) is 84.0 Å². The van der Waals surface area contributed by atoms with E-state index < -0.39 is 5.25 Å². The number of aromatic nitrogens is 3. The molecule has 1 aromatic heterocycles. The lowest BCUT2D eigenvalue weighted by Crippen LogP contribution is -2.19. The van der Waals surface area contributed by atoms with Crippen LogP contribution in [0.1, 0.15) is 21.9 Å². The van der Waals surface area contributed by atoms with E-state index in [1.165, 1.54) is 11.8 Å². The van der Waals surface area contributed by atoms with E-state index in [9.17, 15) is 4.79 Å². The summed E-state index contributed by atoms with van der Waals surface area (Å²) in [6.45, 7) is 4.08. The van der Waals surface area contributed by atoms with Gasteiger partial charge < -0.3 is 9.88 Å². The Balaban J connectivity index is 1.64. The van der Waals surface area contributed by atoms with Gasteiger partial charge in [-0.1, -0.05) is 84.1 Å². The summed E-state index contributed by atoms with van der Waals surface area (Å²) < 4.78 is 1.95. The summed E-state index contributed by atoms with van der Waals surface area (Å²) in [7, 11) is 1.93. The maximum Gasteiger partial charge on any atom is 0.242 e. The highest BCUT2D eigenvalue weighted by atomic mass is 32.2. The first kappa shape index (κ1) is 20.9. The summed E-state index contributed by atoms with van der Waals surface area (Å²) in [5.41, 5.74) is 5.00. The minimum atomic E-state index is -0.463. The predicted molar refractivity (Wildman–Crippen MR) is 126 cm³/mol. The molecule has 1 unspecified atom stereocenters. The zero-order chi connectivity index (χ0) is 21.8. The fraction of sp³-hybridized carbons (Fsp3) is 0.160. The lowest BCUT2D eigenvalue weighted by Gasteiger charge is -2.17. The zero-order valence-corrected chi connectivity index (χ0v) is 18.6. The molecule has 0 aliphatic heterocycles. The van der Waals surface area contributed by atoms with Crippen LogP contribution in [0.5, 0.6) is 0 Å². The van der Waals surface area contributed by atoms with Gasteiger partial charge in [-0.2, -0.15) is 0 Å². The average molecular weight is 429 g/mol. The molecular formula is C25H24N4OS. The van der Waals surface area contributed by atoms with E-state index in [1.54, 1.807) is 0 Å². The average Bonchev–Trinajstić information content (AvgIpc) is 3.14. The summed E-state index contributed by atoms with van der Waals surface area (Å²) in [6.07, 6.45) is 0. The number of benzene rings is 3. The molecule has 0 aliphatic rings. The Bertz CT molecular complexity index is 1190. The van der Waals surface area contributed by atoms with Gasteiger partial charge in [0.15, 0.2) is 11.0 Å². The van der Waals surface area contributed by atoms with Crippen molar-refractivity contribution in [3.05, 3.63) is 95.6 Å². The zero-order valence-electron chi connectivity index (χ0n) is 17.7. The lowest BCUT2D eigenvalue weighted by atomic mass is 10.1. The predicted octanol–water partition coefficient (Wildman–Crippen LogP) is 5.57. The fourth-order valence-electron chi connectivity index (χ4n) is 3.33. The number of anilines is 1. The van der Waals surface area contributed by atoms with Gasteiger partial charge in [-0.15, -0.1) is 10.2 Å². The Kier molecular flexibility index (Phi) is 6.18. The number of nitrogens with zero attached hydrogens (tertiary/aromatic N) is 3. The monoisotopic (exact) mass is 428 g/mol. The van der Waals surface area contributed by atoms with Crippen molar-refractivity contribution in [1.82, 2.24) is 14.8 Å². The van der Waals surface area contributed by atoms with Gasteiger partial charge in [0, 0.05) is 18.3 Å². The van der Waals surface area contributed by atoms with Crippen molar-refractivity contribution < 1.29 is 4.79 Å². The molecule has 3 aromatic carbocycles. The van der Waals surface area contributed by atoms with Crippen LogP contribution in [-0.4, -0.2) is 20.7 Å². The first-order chi connectivity index (χ1) is 15.0. The highest BCUT2D eigenvalue weighted by Crippen LogP contribution is 2.36. The van der Waals surface area contributed by atoms with Gasteiger partial charge in [0.25, 0.3) is 0 Å². The molecule has 1 atom stereocenters. The van der Waals surface area contributed by atoms with E-state index in [0.29, 0.717) is 5.16 Å². The van der Waals surface area contributed by atoms with Gasteiger partial charge >= 0.3 is 0 Å². The highest BCUT2D eigenvalue weighted by Gasteiger charge is 2.25. The molecule has 0 bridgehead atoms. The maximum atomic E-state index is 13.3. The van der Waals surface area contributed by atoms with Crippen LogP contribution in [0.2, 0.25) is 0 Å². The van der Waals surface area contributed by atoms with Crippen molar-refractivity contribution in [2.75, 3.05) is 5.32 Å². The molecule has 156 valence electrons. The van der Waals surface area contributed by atoms with Crippen LogP contribution < -0.4 is 5.32 Å². The molecule has 4 rings (SSSR count). The molecule has 0 spiro atoms. The number of rotatable bonds is 6. The van der Waals surface area contributed by atoms with Crippen LogP contribution in [0.3, 0.4) is 0 Å². The van der Waals surface area contributed by atoms with Crippen LogP contribution >= 0.6 is 11.8 Å². The summed E-state index contributed by atoms with van der Waals surface area (Å²) in [5.74, 6) is 0.687. The molecule has 1 heterocycles. The summed E-state index contributed by atoms with van der Waals surface area (Å²) in [4.78, 5) is 13.3. The van der Waals surface area contributed by atoms with Gasteiger partial charge in [-0.05, 0) is 37.1 Å². The van der Waals surface area contributed by atoms with Crippen molar-refractivity contribution in [2.24, 2.45) is 7.05 Å². The third-order valence-corrected chi connectivity index (χ3v) is 6.39. The quantitative estimate of drug-likeness (QED) is 0.408. The number of amides is 1. The first-order valence-corrected chi connectivity index (χ1v) is 11.0. The minimum absolute atomic E-state index is 0.0968. The van der Waals surface area contributed by atoms with E-state index in [0.717, 1.165) is 33.8 Å². The first-order valence-electron chi connectivity index (χ1n) is 10.1. The topological polar surface area (TPSA) is 59.8 Å². The van der Waals surface area contributed by atoms with Crippen LogP contribution in [0.4, 0.5) is 5.69 Å². The van der Waals surface area contributed by atoms with Gasteiger partial charge in [0.2, 0.25) is 5.91 Å². The molecule has 0 saturated carbocycles. The Hall–Kier alpha value is -3.38. The van der Waals surface area contributed by atoms with E-state index in [4.69, 9.17) is 0 Å². The Morgan fingerprint density at radius 2 is 1.58 bits per heavy atom. The number of aryl methyl sites for hydroxylation is 2. The number of nitrogens with one attached hydrogen (secondary N) is 1. The number of thioether (sulfide) groups is 1.